The molecule has 1 aliphatic rings. The Hall–Kier alpha value is -0.180. The predicted molar refractivity (Wildman–Crippen MR) is 64.1 cm³/mol. The van der Waals surface area contributed by atoms with Crippen LogP contribution in [0, 0.1) is 0 Å². The molecule has 1 nitrogen and oxygen atoms in total. The molecule has 1 saturated heterocycles. The SMILES string of the molecule is CC(NC1CSC1)c1ccccc1Cl. The van der Waals surface area contributed by atoms with Gasteiger partial charge < -0.3 is 5.32 Å². The molecule has 14 heavy (non-hydrogen) atoms. The van der Waals surface area contributed by atoms with Crippen LogP contribution < -0.4 is 5.32 Å². The molecule has 0 bridgehead atoms. The van der Waals surface area contributed by atoms with Gasteiger partial charge in [0.25, 0.3) is 0 Å². The van der Waals surface area contributed by atoms with Gasteiger partial charge in [-0.3, -0.25) is 0 Å². The molecule has 0 aromatic heterocycles. The molecule has 2 rings (SSSR count). The van der Waals surface area contributed by atoms with Crippen LogP contribution in [-0.4, -0.2) is 17.5 Å². The van der Waals surface area contributed by atoms with Crippen LogP contribution in [0.25, 0.3) is 0 Å². The Morgan fingerprint density at radius 1 is 1.43 bits per heavy atom. The summed E-state index contributed by atoms with van der Waals surface area (Å²) < 4.78 is 0. The van der Waals surface area contributed by atoms with E-state index in [2.05, 4.69) is 18.3 Å². The molecule has 1 aromatic rings. The van der Waals surface area contributed by atoms with Crippen molar-refractivity contribution in [1.29, 1.82) is 0 Å². The van der Waals surface area contributed by atoms with E-state index in [-0.39, 0.29) is 0 Å². The van der Waals surface area contributed by atoms with Crippen LogP contribution in [0.4, 0.5) is 0 Å². The summed E-state index contributed by atoms with van der Waals surface area (Å²) in [5.41, 5.74) is 1.20. The predicted octanol–water partition coefficient (Wildman–Crippen LogP) is 3.11. The molecule has 1 aliphatic heterocycles. The first kappa shape index (κ1) is 10.3. The van der Waals surface area contributed by atoms with Gasteiger partial charge in [-0.15, -0.1) is 0 Å². The Morgan fingerprint density at radius 3 is 2.71 bits per heavy atom. The summed E-state index contributed by atoms with van der Waals surface area (Å²) in [4.78, 5) is 0. The van der Waals surface area contributed by atoms with E-state index in [1.54, 1.807) is 0 Å². The summed E-state index contributed by atoms with van der Waals surface area (Å²) >= 11 is 8.11. The third kappa shape index (κ3) is 2.25. The van der Waals surface area contributed by atoms with Gasteiger partial charge in [0, 0.05) is 28.6 Å². The van der Waals surface area contributed by atoms with E-state index in [9.17, 15) is 0 Å². The van der Waals surface area contributed by atoms with Gasteiger partial charge in [-0.2, -0.15) is 11.8 Å². The first-order valence-electron chi connectivity index (χ1n) is 4.85. The minimum atomic E-state index is 0.356. The van der Waals surface area contributed by atoms with Crippen molar-refractivity contribution >= 4 is 23.4 Å². The van der Waals surface area contributed by atoms with Gasteiger partial charge in [0.2, 0.25) is 0 Å². The highest BCUT2D eigenvalue weighted by atomic mass is 35.5. The highest BCUT2D eigenvalue weighted by molar-refractivity contribution is 8.00. The first-order valence-corrected chi connectivity index (χ1v) is 6.39. The minimum absolute atomic E-state index is 0.356. The standard InChI is InChI=1S/C11H14ClNS/c1-8(13-9-6-14-7-9)10-4-2-3-5-11(10)12/h2-5,8-9,13H,6-7H2,1H3. The molecule has 0 spiro atoms. The van der Waals surface area contributed by atoms with Crippen molar-refractivity contribution in [3.05, 3.63) is 34.9 Å². The third-order valence-electron chi connectivity index (χ3n) is 2.50. The van der Waals surface area contributed by atoms with Crippen molar-refractivity contribution in [3.63, 3.8) is 0 Å². The fraction of sp³-hybridized carbons (Fsp3) is 0.455. The normalized spacial score (nSPS) is 19.0. The number of thioether (sulfide) groups is 1. The van der Waals surface area contributed by atoms with Gasteiger partial charge in [0.05, 0.1) is 0 Å². The fourth-order valence-electron chi connectivity index (χ4n) is 1.60. The van der Waals surface area contributed by atoms with Gasteiger partial charge in [0.1, 0.15) is 0 Å². The topological polar surface area (TPSA) is 12.0 Å². The van der Waals surface area contributed by atoms with Crippen molar-refractivity contribution in [3.8, 4) is 0 Å². The Balaban J connectivity index is 2.02. The van der Waals surface area contributed by atoms with Gasteiger partial charge in [-0.1, -0.05) is 29.8 Å². The molecule has 0 radical (unpaired) electrons. The zero-order valence-corrected chi connectivity index (χ0v) is 9.74. The van der Waals surface area contributed by atoms with E-state index in [4.69, 9.17) is 11.6 Å². The molecule has 3 heteroatoms. The Morgan fingerprint density at radius 2 is 2.14 bits per heavy atom. The highest BCUT2D eigenvalue weighted by Gasteiger charge is 2.20. The number of hydrogen-bond acceptors (Lipinski definition) is 2. The van der Waals surface area contributed by atoms with Gasteiger partial charge in [-0.25, -0.2) is 0 Å². The van der Waals surface area contributed by atoms with Crippen molar-refractivity contribution in [2.45, 2.75) is 19.0 Å². The number of halogens is 1. The Labute approximate surface area is 94.2 Å². The van der Waals surface area contributed by atoms with E-state index in [0.29, 0.717) is 12.1 Å². The monoisotopic (exact) mass is 227 g/mol. The number of hydrogen-bond donors (Lipinski definition) is 1. The third-order valence-corrected chi connectivity index (χ3v) is 4.12. The number of benzene rings is 1. The van der Waals surface area contributed by atoms with Crippen LogP contribution >= 0.6 is 23.4 Å². The zero-order chi connectivity index (χ0) is 9.97. The molecule has 0 aliphatic carbocycles. The lowest BCUT2D eigenvalue weighted by atomic mass is 10.1. The van der Waals surface area contributed by atoms with Gasteiger partial charge in [0.15, 0.2) is 0 Å². The lowest BCUT2D eigenvalue weighted by Gasteiger charge is -2.30. The van der Waals surface area contributed by atoms with E-state index in [1.165, 1.54) is 17.1 Å². The second kappa shape index (κ2) is 4.56. The van der Waals surface area contributed by atoms with Crippen LogP contribution in [0.2, 0.25) is 5.02 Å². The van der Waals surface area contributed by atoms with Crippen molar-refractivity contribution < 1.29 is 0 Å². The van der Waals surface area contributed by atoms with Crippen molar-refractivity contribution in [2.75, 3.05) is 11.5 Å². The van der Waals surface area contributed by atoms with Crippen LogP contribution in [0.1, 0.15) is 18.5 Å². The van der Waals surface area contributed by atoms with Gasteiger partial charge in [-0.05, 0) is 18.6 Å². The van der Waals surface area contributed by atoms with Crippen LogP contribution in [-0.2, 0) is 0 Å². The van der Waals surface area contributed by atoms with Crippen LogP contribution in [0.3, 0.4) is 0 Å². The van der Waals surface area contributed by atoms with Crippen molar-refractivity contribution in [2.24, 2.45) is 0 Å². The molecule has 1 fully saturated rings. The van der Waals surface area contributed by atoms with Gasteiger partial charge >= 0.3 is 0 Å². The maximum absolute atomic E-state index is 6.12. The molecule has 0 saturated carbocycles. The average molecular weight is 228 g/mol. The van der Waals surface area contributed by atoms with Crippen LogP contribution in [0.15, 0.2) is 24.3 Å². The van der Waals surface area contributed by atoms with Crippen molar-refractivity contribution in [1.82, 2.24) is 5.32 Å². The Kier molecular flexibility index (Phi) is 3.37. The fourth-order valence-corrected chi connectivity index (χ4v) is 2.56. The zero-order valence-electron chi connectivity index (χ0n) is 8.16. The summed E-state index contributed by atoms with van der Waals surface area (Å²) in [5.74, 6) is 2.46. The van der Waals surface area contributed by atoms with E-state index >= 15 is 0 Å². The second-order valence-corrected chi connectivity index (χ2v) is 5.13. The maximum atomic E-state index is 6.12. The summed E-state index contributed by atoms with van der Waals surface area (Å²) in [7, 11) is 0. The number of nitrogens with one attached hydrogen (secondary N) is 1. The summed E-state index contributed by atoms with van der Waals surface area (Å²) in [6.45, 7) is 2.17. The maximum Gasteiger partial charge on any atom is 0.0453 e. The lowest BCUT2D eigenvalue weighted by Crippen LogP contribution is -2.41. The molecule has 76 valence electrons. The van der Waals surface area contributed by atoms with Crippen LogP contribution in [0.5, 0.6) is 0 Å². The molecular formula is C11H14ClNS. The largest absolute Gasteiger partial charge is 0.306 e. The highest BCUT2D eigenvalue weighted by Crippen LogP contribution is 2.25. The van der Waals surface area contributed by atoms with E-state index in [0.717, 1.165) is 5.02 Å². The molecule has 1 N–H and O–H groups in total. The average Bonchev–Trinajstić information content (AvgIpc) is 2.12. The molecule has 1 heterocycles. The first-order chi connectivity index (χ1) is 6.77. The Bertz CT molecular complexity index is 312. The smallest absolute Gasteiger partial charge is 0.0453 e. The minimum Gasteiger partial charge on any atom is -0.306 e. The van der Waals surface area contributed by atoms with E-state index in [1.807, 2.05) is 30.0 Å². The number of rotatable bonds is 3. The summed E-state index contributed by atoms with van der Waals surface area (Å²) in [5, 5.41) is 4.43. The summed E-state index contributed by atoms with van der Waals surface area (Å²) in [6.07, 6.45) is 0. The molecule has 1 atom stereocenters. The van der Waals surface area contributed by atoms with E-state index < -0.39 is 0 Å². The second-order valence-electron chi connectivity index (χ2n) is 3.64. The quantitative estimate of drug-likeness (QED) is 0.852. The molecule has 1 aromatic carbocycles. The molecule has 0 amide bonds. The molecule has 1 unspecified atom stereocenters. The summed E-state index contributed by atoms with van der Waals surface area (Å²) in [6, 6.07) is 9.07. The molecular weight excluding hydrogens is 214 g/mol. The lowest BCUT2D eigenvalue weighted by molar-refractivity contribution is 0.503.